The largest absolute Gasteiger partial charge is 0.313 e. The Hall–Kier alpha value is -0.200. The molecule has 2 atom stereocenters. The van der Waals surface area contributed by atoms with Crippen molar-refractivity contribution in [2.45, 2.75) is 44.5 Å². The summed E-state index contributed by atoms with van der Waals surface area (Å²) >= 11 is 4.19. The van der Waals surface area contributed by atoms with E-state index in [4.69, 9.17) is 0 Å². The average Bonchev–Trinajstić information content (AvgIpc) is 2.87. The fourth-order valence-electron chi connectivity index (χ4n) is 2.38. The van der Waals surface area contributed by atoms with Gasteiger partial charge in [-0.3, -0.25) is 4.68 Å². The van der Waals surface area contributed by atoms with Crippen LogP contribution in [0.25, 0.3) is 0 Å². The number of rotatable bonds is 7. The standard InChI is InChI=1S/C13H24N4S2/c1-3-5-17-13(15-10-16-17)8-11(14-4-2)12-9-18-6-7-19-12/h10-12,14H,3-9H2,1-2H3. The monoisotopic (exact) mass is 300 g/mol. The van der Waals surface area contributed by atoms with Gasteiger partial charge in [-0.1, -0.05) is 13.8 Å². The molecule has 1 saturated heterocycles. The Labute approximate surface area is 124 Å². The molecule has 0 radical (unpaired) electrons. The first-order valence-electron chi connectivity index (χ1n) is 7.14. The SMILES string of the molecule is CCCn1ncnc1CC(NCC)C1CSCCS1. The maximum atomic E-state index is 4.45. The summed E-state index contributed by atoms with van der Waals surface area (Å²) < 4.78 is 2.06. The second kappa shape index (κ2) is 8.17. The molecule has 19 heavy (non-hydrogen) atoms. The van der Waals surface area contributed by atoms with Gasteiger partial charge in [-0.25, -0.2) is 4.98 Å². The van der Waals surface area contributed by atoms with Crippen LogP contribution in [0.1, 0.15) is 26.1 Å². The number of thioether (sulfide) groups is 2. The van der Waals surface area contributed by atoms with E-state index in [0.717, 1.165) is 31.8 Å². The van der Waals surface area contributed by atoms with E-state index >= 15 is 0 Å². The summed E-state index contributed by atoms with van der Waals surface area (Å²) in [5.74, 6) is 4.96. The highest BCUT2D eigenvalue weighted by atomic mass is 32.2. The Morgan fingerprint density at radius 1 is 1.47 bits per heavy atom. The molecular weight excluding hydrogens is 276 g/mol. The van der Waals surface area contributed by atoms with E-state index in [9.17, 15) is 0 Å². The lowest BCUT2D eigenvalue weighted by atomic mass is 10.1. The molecule has 1 N–H and O–H groups in total. The van der Waals surface area contributed by atoms with E-state index in [1.165, 1.54) is 17.3 Å². The van der Waals surface area contributed by atoms with Gasteiger partial charge < -0.3 is 5.32 Å². The molecule has 0 saturated carbocycles. The Bertz CT molecular complexity index is 363. The first kappa shape index (κ1) is 15.2. The number of aryl methyl sites for hydroxylation is 1. The quantitative estimate of drug-likeness (QED) is 0.835. The molecule has 1 fully saturated rings. The Morgan fingerprint density at radius 2 is 2.37 bits per heavy atom. The van der Waals surface area contributed by atoms with Gasteiger partial charge in [-0.05, 0) is 13.0 Å². The van der Waals surface area contributed by atoms with Gasteiger partial charge in [0.15, 0.2) is 0 Å². The third-order valence-electron chi connectivity index (χ3n) is 3.29. The molecule has 1 aromatic heterocycles. The number of hydrogen-bond donors (Lipinski definition) is 1. The van der Waals surface area contributed by atoms with Crippen molar-refractivity contribution >= 4 is 23.5 Å². The summed E-state index contributed by atoms with van der Waals surface area (Å²) in [5.41, 5.74) is 0. The topological polar surface area (TPSA) is 42.7 Å². The maximum absolute atomic E-state index is 4.45. The first-order chi connectivity index (χ1) is 9.35. The maximum Gasteiger partial charge on any atom is 0.138 e. The molecule has 4 nitrogen and oxygen atoms in total. The van der Waals surface area contributed by atoms with Crippen molar-refractivity contribution in [2.75, 3.05) is 23.8 Å². The van der Waals surface area contributed by atoms with E-state index in [1.54, 1.807) is 6.33 Å². The number of nitrogens with zero attached hydrogens (tertiary/aromatic N) is 3. The van der Waals surface area contributed by atoms with E-state index in [-0.39, 0.29) is 0 Å². The van der Waals surface area contributed by atoms with Gasteiger partial charge in [0.05, 0.1) is 0 Å². The van der Waals surface area contributed by atoms with Crippen molar-refractivity contribution in [2.24, 2.45) is 0 Å². The van der Waals surface area contributed by atoms with E-state index in [1.807, 2.05) is 0 Å². The summed E-state index contributed by atoms with van der Waals surface area (Å²) in [5, 5.41) is 8.67. The van der Waals surface area contributed by atoms with Crippen LogP contribution in [-0.4, -0.2) is 49.9 Å². The van der Waals surface area contributed by atoms with Crippen LogP contribution in [-0.2, 0) is 13.0 Å². The lowest BCUT2D eigenvalue weighted by Crippen LogP contribution is -2.43. The molecule has 1 aliphatic heterocycles. The Balaban J connectivity index is 2.00. The summed E-state index contributed by atoms with van der Waals surface area (Å²) in [4.78, 5) is 4.45. The van der Waals surface area contributed by atoms with Crippen molar-refractivity contribution in [3.05, 3.63) is 12.2 Å². The number of aromatic nitrogens is 3. The number of hydrogen-bond acceptors (Lipinski definition) is 5. The van der Waals surface area contributed by atoms with E-state index < -0.39 is 0 Å². The van der Waals surface area contributed by atoms with Crippen LogP contribution in [0.2, 0.25) is 0 Å². The van der Waals surface area contributed by atoms with E-state index in [2.05, 4.69) is 57.5 Å². The summed E-state index contributed by atoms with van der Waals surface area (Å²) in [6.45, 7) is 6.36. The fraction of sp³-hybridized carbons (Fsp3) is 0.846. The van der Waals surface area contributed by atoms with Gasteiger partial charge in [0.2, 0.25) is 0 Å². The molecule has 0 aromatic carbocycles. The zero-order chi connectivity index (χ0) is 13.5. The highest BCUT2D eigenvalue weighted by Gasteiger charge is 2.25. The highest BCUT2D eigenvalue weighted by molar-refractivity contribution is 8.06. The van der Waals surface area contributed by atoms with Crippen molar-refractivity contribution in [1.82, 2.24) is 20.1 Å². The normalized spacial score (nSPS) is 21.5. The van der Waals surface area contributed by atoms with Crippen LogP contribution < -0.4 is 5.32 Å². The highest BCUT2D eigenvalue weighted by Crippen LogP contribution is 2.27. The Kier molecular flexibility index (Phi) is 6.53. The first-order valence-corrected chi connectivity index (χ1v) is 9.34. The second-order valence-corrected chi connectivity index (χ2v) is 7.25. The molecule has 6 heteroatoms. The van der Waals surface area contributed by atoms with E-state index in [0.29, 0.717) is 11.3 Å². The molecule has 0 aliphatic carbocycles. The minimum Gasteiger partial charge on any atom is -0.313 e. The predicted octanol–water partition coefficient (Wildman–Crippen LogP) is 2.06. The van der Waals surface area contributed by atoms with Gasteiger partial charge in [0.1, 0.15) is 12.2 Å². The third-order valence-corrected chi connectivity index (χ3v) is 6.21. The third kappa shape index (κ3) is 4.39. The molecule has 108 valence electrons. The van der Waals surface area contributed by atoms with Gasteiger partial charge in [0, 0.05) is 41.5 Å². The van der Waals surface area contributed by atoms with Crippen LogP contribution >= 0.6 is 23.5 Å². The summed E-state index contributed by atoms with van der Waals surface area (Å²) in [7, 11) is 0. The predicted molar refractivity (Wildman–Crippen MR) is 85.1 cm³/mol. The summed E-state index contributed by atoms with van der Waals surface area (Å²) in [6, 6.07) is 0.516. The average molecular weight is 300 g/mol. The van der Waals surface area contributed by atoms with Gasteiger partial charge >= 0.3 is 0 Å². The van der Waals surface area contributed by atoms with Crippen molar-refractivity contribution < 1.29 is 0 Å². The van der Waals surface area contributed by atoms with Crippen LogP contribution in [0.5, 0.6) is 0 Å². The summed E-state index contributed by atoms with van der Waals surface area (Å²) in [6.07, 6.45) is 3.79. The van der Waals surface area contributed by atoms with Crippen LogP contribution in [0.3, 0.4) is 0 Å². The molecule has 2 rings (SSSR count). The molecule has 0 amide bonds. The van der Waals surface area contributed by atoms with Crippen LogP contribution in [0, 0.1) is 0 Å². The molecule has 0 bridgehead atoms. The lowest BCUT2D eigenvalue weighted by molar-refractivity contribution is 0.483. The zero-order valence-electron chi connectivity index (χ0n) is 11.8. The lowest BCUT2D eigenvalue weighted by Gasteiger charge is -2.30. The van der Waals surface area contributed by atoms with Gasteiger partial charge in [-0.15, -0.1) is 0 Å². The smallest absolute Gasteiger partial charge is 0.138 e. The van der Waals surface area contributed by atoms with Crippen molar-refractivity contribution in [3.8, 4) is 0 Å². The molecule has 1 aromatic rings. The number of likely N-dealkylation sites (N-methyl/N-ethyl adjacent to an activating group) is 1. The zero-order valence-corrected chi connectivity index (χ0v) is 13.5. The molecular formula is C13H24N4S2. The van der Waals surface area contributed by atoms with Gasteiger partial charge in [0.25, 0.3) is 0 Å². The van der Waals surface area contributed by atoms with Crippen LogP contribution in [0.4, 0.5) is 0 Å². The van der Waals surface area contributed by atoms with Gasteiger partial charge in [-0.2, -0.15) is 28.6 Å². The molecule has 2 unspecified atom stereocenters. The molecule has 2 heterocycles. The molecule has 1 aliphatic rings. The fourth-order valence-corrected chi connectivity index (χ4v) is 5.27. The van der Waals surface area contributed by atoms with Crippen LogP contribution in [0.15, 0.2) is 6.33 Å². The second-order valence-electron chi connectivity index (χ2n) is 4.75. The molecule has 0 spiro atoms. The minimum absolute atomic E-state index is 0.516. The van der Waals surface area contributed by atoms with Crippen molar-refractivity contribution in [1.29, 1.82) is 0 Å². The Morgan fingerprint density at radius 3 is 3.05 bits per heavy atom. The minimum atomic E-state index is 0.516. The number of nitrogens with one attached hydrogen (secondary N) is 1. The van der Waals surface area contributed by atoms with Crippen molar-refractivity contribution in [3.63, 3.8) is 0 Å².